The summed E-state index contributed by atoms with van der Waals surface area (Å²) < 4.78 is 17.0. The van der Waals surface area contributed by atoms with Crippen LogP contribution in [0.25, 0.3) is 0 Å². The van der Waals surface area contributed by atoms with Crippen molar-refractivity contribution in [2.75, 3.05) is 13.2 Å². The molecule has 27 heavy (non-hydrogen) atoms. The maximum absolute atomic E-state index is 12.4. The molecule has 0 saturated heterocycles. The number of rotatable bonds is 5. The number of benzene rings is 2. The van der Waals surface area contributed by atoms with E-state index in [4.69, 9.17) is 14.2 Å². The predicted octanol–water partition coefficient (Wildman–Crippen LogP) is 3.84. The van der Waals surface area contributed by atoms with E-state index in [1.54, 1.807) is 6.92 Å². The fourth-order valence-corrected chi connectivity index (χ4v) is 2.89. The molecule has 0 aromatic heterocycles. The normalized spacial score (nSPS) is 14.4. The van der Waals surface area contributed by atoms with E-state index < -0.39 is 6.10 Å². The molecule has 0 saturated carbocycles. The molecule has 1 atom stereocenters. The Hall–Kier alpha value is -2.69. The second-order valence-electron chi connectivity index (χ2n) is 7.69. The van der Waals surface area contributed by atoms with E-state index >= 15 is 0 Å². The van der Waals surface area contributed by atoms with Crippen molar-refractivity contribution in [2.24, 2.45) is 0 Å². The topological polar surface area (TPSA) is 56.8 Å². The molecule has 1 aliphatic heterocycles. The van der Waals surface area contributed by atoms with Gasteiger partial charge in [-0.3, -0.25) is 4.79 Å². The highest BCUT2D eigenvalue weighted by Crippen LogP contribution is 2.33. The van der Waals surface area contributed by atoms with Crippen molar-refractivity contribution in [3.05, 3.63) is 53.6 Å². The first-order chi connectivity index (χ1) is 12.8. The summed E-state index contributed by atoms with van der Waals surface area (Å²) in [6, 6.07) is 13.6. The van der Waals surface area contributed by atoms with Crippen molar-refractivity contribution in [1.82, 2.24) is 5.32 Å². The number of hydrogen-bond donors (Lipinski definition) is 1. The lowest BCUT2D eigenvalue weighted by Crippen LogP contribution is -2.36. The van der Waals surface area contributed by atoms with Gasteiger partial charge in [0, 0.05) is 12.1 Å². The number of amides is 1. The van der Waals surface area contributed by atoms with Crippen LogP contribution in [0.3, 0.4) is 0 Å². The Morgan fingerprint density at radius 1 is 1.11 bits per heavy atom. The monoisotopic (exact) mass is 369 g/mol. The largest absolute Gasteiger partial charge is 0.486 e. The molecule has 2 aromatic rings. The van der Waals surface area contributed by atoms with Gasteiger partial charge in [0.15, 0.2) is 17.6 Å². The van der Waals surface area contributed by atoms with Crippen LogP contribution in [0.15, 0.2) is 42.5 Å². The number of carbonyl (C=O) groups excluding carboxylic acids is 1. The molecule has 1 N–H and O–H groups in total. The maximum atomic E-state index is 12.4. The van der Waals surface area contributed by atoms with Crippen LogP contribution in [-0.4, -0.2) is 25.2 Å². The lowest BCUT2D eigenvalue weighted by atomic mass is 9.87. The highest BCUT2D eigenvalue weighted by Gasteiger charge is 2.19. The number of fused-ring (bicyclic) bond motifs is 1. The van der Waals surface area contributed by atoms with Gasteiger partial charge in [0.2, 0.25) is 0 Å². The van der Waals surface area contributed by atoms with Crippen molar-refractivity contribution < 1.29 is 19.0 Å². The molecule has 0 spiro atoms. The molecule has 1 heterocycles. The van der Waals surface area contributed by atoms with Gasteiger partial charge in [0.1, 0.15) is 19.0 Å². The third-order valence-corrected chi connectivity index (χ3v) is 4.50. The van der Waals surface area contributed by atoms with Gasteiger partial charge in [-0.1, -0.05) is 45.0 Å². The Labute approximate surface area is 160 Å². The van der Waals surface area contributed by atoms with E-state index in [-0.39, 0.29) is 11.3 Å². The Bertz CT molecular complexity index is 793. The summed E-state index contributed by atoms with van der Waals surface area (Å²) in [4.78, 5) is 12.4. The Morgan fingerprint density at radius 2 is 1.81 bits per heavy atom. The zero-order chi connectivity index (χ0) is 19.4. The summed E-state index contributed by atoms with van der Waals surface area (Å²) in [5, 5.41) is 2.91. The van der Waals surface area contributed by atoms with Gasteiger partial charge in [-0.15, -0.1) is 0 Å². The predicted molar refractivity (Wildman–Crippen MR) is 105 cm³/mol. The highest BCUT2D eigenvalue weighted by molar-refractivity contribution is 5.80. The van der Waals surface area contributed by atoms with E-state index in [1.807, 2.05) is 42.5 Å². The molecule has 0 bridgehead atoms. The molecule has 0 radical (unpaired) electrons. The van der Waals surface area contributed by atoms with Crippen molar-refractivity contribution >= 4 is 5.91 Å². The van der Waals surface area contributed by atoms with Gasteiger partial charge in [-0.25, -0.2) is 0 Å². The summed E-state index contributed by atoms with van der Waals surface area (Å²) in [6.07, 6.45) is -0.595. The van der Waals surface area contributed by atoms with Crippen LogP contribution < -0.4 is 19.5 Å². The average Bonchev–Trinajstić information content (AvgIpc) is 2.65. The minimum absolute atomic E-state index is 0.0854. The van der Waals surface area contributed by atoms with Crippen molar-refractivity contribution in [2.45, 2.75) is 45.8 Å². The summed E-state index contributed by atoms with van der Waals surface area (Å²) in [5.74, 6) is 1.93. The standard InChI is InChI=1S/C22H27NO4/c1-15(27-18-10-8-17(9-11-18)22(2,3)4)21(24)23-14-16-6-5-7-19-20(16)26-13-12-25-19/h5-11,15H,12-14H2,1-4H3,(H,23,24). The number of nitrogens with one attached hydrogen (secondary N) is 1. The second kappa shape index (κ2) is 7.91. The van der Waals surface area contributed by atoms with Crippen LogP contribution in [0, 0.1) is 0 Å². The van der Waals surface area contributed by atoms with E-state index in [0.29, 0.717) is 31.3 Å². The Balaban J connectivity index is 1.57. The minimum Gasteiger partial charge on any atom is -0.486 e. The number of carbonyl (C=O) groups is 1. The van der Waals surface area contributed by atoms with Gasteiger partial charge in [0.25, 0.3) is 5.91 Å². The first kappa shape index (κ1) is 19.1. The second-order valence-corrected chi connectivity index (χ2v) is 7.69. The fourth-order valence-electron chi connectivity index (χ4n) is 2.89. The van der Waals surface area contributed by atoms with E-state index in [1.165, 1.54) is 5.56 Å². The summed E-state index contributed by atoms with van der Waals surface area (Å²) in [5.41, 5.74) is 2.20. The summed E-state index contributed by atoms with van der Waals surface area (Å²) in [6.45, 7) is 9.65. The molecular formula is C22H27NO4. The van der Waals surface area contributed by atoms with Gasteiger partial charge in [-0.2, -0.15) is 0 Å². The van der Waals surface area contributed by atoms with Crippen LogP contribution in [0.5, 0.6) is 17.2 Å². The molecule has 1 unspecified atom stereocenters. The SMILES string of the molecule is CC(Oc1ccc(C(C)(C)C)cc1)C(=O)NCc1cccc2c1OCCO2. The molecule has 1 amide bonds. The molecular weight excluding hydrogens is 342 g/mol. The van der Waals surface area contributed by atoms with E-state index in [0.717, 1.165) is 11.3 Å². The van der Waals surface area contributed by atoms with E-state index in [2.05, 4.69) is 26.1 Å². The quantitative estimate of drug-likeness (QED) is 0.870. The molecule has 5 nitrogen and oxygen atoms in total. The molecule has 0 aliphatic carbocycles. The maximum Gasteiger partial charge on any atom is 0.261 e. The molecule has 0 fully saturated rings. The summed E-state index contributed by atoms with van der Waals surface area (Å²) in [7, 11) is 0. The third kappa shape index (κ3) is 4.73. The first-order valence-corrected chi connectivity index (χ1v) is 9.27. The van der Waals surface area contributed by atoms with Crippen molar-refractivity contribution in [3.8, 4) is 17.2 Å². The summed E-state index contributed by atoms with van der Waals surface area (Å²) >= 11 is 0. The minimum atomic E-state index is -0.595. The van der Waals surface area contributed by atoms with E-state index in [9.17, 15) is 4.79 Å². The average molecular weight is 369 g/mol. The smallest absolute Gasteiger partial charge is 0.261 e. The van der Waals surface area contributed by atoms with Crippen LogP contribution in [-0.2, 0) is 16.8 Å². The van der Waals surface area contributed by atoms with Crippen LogP contribution >= 0.6 is 0 Å². The molecule has 3 rings (SSSR count). The molecule has 5 heteroatoms. The molecule has 144 valence electrons. The first-order valence-electron chi connectivity index (χ1n) is 9.27. The van der Waals surface area contributed by atoms with Crippen LogP contribution in [0.2, 0.25) is 0 Å². The van der Waals surface area contributed by atoms with Gasteiger partial charge in [-0.05, 0) is 36.1 Å². The zero-order valence-electron chi connectivity index (χ0n) is 16.4. The highest BCUT2D eigenvalue weighted by atomic mass is 16.6. The van der Waals surface area contributed by atoms with Crippen LogP contribution in [0.1, 0.15) is 38.8 Å². The van der Waals surface area contributed by atoms with Gasteiger partial charge < -0.3 is 19.5 Å². The fraction of sp³-hybridized carbons (Fsp3) is 0.409. The zero-order valence-corrected chi connectivity index (χ0v) is 16.4. The molecule has 1 aliphatic rings. The van der Waals surface area contributed by atoms with Crippen molar-refractivity contribution in [1.29, 1.82) is 0 Å². The van der Waals surface area contributed by atoms with Gasteiger partial charge in [0.05, 0.1) is 0 Å². The Morgan fingerprint density at radius 3 is 2.52 bits per heavy atom. The van der Waals surface area contributed by atoms with Crippen LogP contribution in [0.4, 0.5) is 0 Å². The lowest BCUT2D eigenvalue weighted by Gasteiger charge is -2.22. The number of ether oxygens (including phenoxy) is 3. The lowest BCUT2D eigenvalue weighted by molar-refractivity contribution is -0.127. The number of hydrogen-bond acceptors (Lipinski definition) is 4. The van der Waals surface area contributed by atoms with Gasteiger partial charge >= 0.3 is 0 Å². The number of para-hydroxylation sites is 1. The Kier molecular flexibility index (Phi) is 5.59. The molecule has 2 aromatic carbocycles. The van der Waals surface area contributed by atoms with Crippen molar-refractivity contribution in [3.63, 3.8) is 0 Å². The third-order valence-electron chi connectivity index (χ3n) is 4.50.